The van der Waals surface area contributed by atoms with Gasteiger partial charge in [0.25, 0.3) is 0 Å². The smallest absolute Gasteiger partial charge is 0.223 e. The Bertz CT molecular complexity index is 526. The number of anilines is 1. The van der Waals surface area contributed by atoms with Crippen LogP contribution < -0.4 is 5.32 Å². The second-order valence-electron chi connectivity index (χ2n) is 2.95. The van der Waals surface area contributed by atoms with Gasteiger partial charge >= 0.3 is 0 Å². The Labute approximate surface area is 115 Å². The molecule has 5 nitrogen and oxygen atoms in total. The molecule has 2 aromatic heterocycles. The second-order valence-corrected chi connectivity index (χ2v) is 6.61. The minimum Gasteiger partial charge on any atom is -0.302 e. The van der Waals surface area contributed by atoms with E-state index in [1.54, 1.807) is 18.0 Å². The molecule has 9 heteroatoms. The Hall–Kier alpha value is -0.700. The molecule has 90 valence electrons. The van der Waals surface area contributed by atoms with Gasteiger partial charge < -0.3 is 5.32 Å². The lowest BCUT2D eigenvalue weighted by Crippen LogP contribution is -2.04. The first kappa shape index (κ1) is 12.7. The average Bonchev–Trinajstić information content (AvgIpc) is 2.84. The van der Waals surface area contributed by atoms with E-state index in [0.717, 1.165) is 9.90 Å². The van der Waals surface area contributed by atoms with Crippen molar-refractivity contribution < 1.29 is 4.79 Å². The van der Waals surface area contributed by atoms with Gasteiger partial charge in [0.2, 0.25) is 5.91 Å². The number of hydrogen-bond acceptors (Lipinski definition) is 7. The van der Waals surface area contributed by atoms with E-state index in [1.165, 1.54) is 29.8 Å². The molecule has 0 aromatic carbocycles. The fourth-order valence-electron chi connectivity index (χ4n) is 0.957. The summed E-state index contributed by atoms with van der Waals surface area (Å²) >= 11 is 10.1. The zero-order valence-corrected chi connectivity index (χ0v) is 11.8. The molecule has 0 fully saturated rings. The maximum absolute atomic E-state index is 10.8. The maximum atomic E-state index is 10.8. The first-order valence-corrected chi connectivity index (χ1v) is 7.43. The molecule has 0 atom stereocenters. The number of nitrogens with zero attached hydrogens (tertiary/aromatic N) is 3. The van der Waals surface area contributed by atoms with E-state index >= 15 is 0 Å². The third kappa shape index (κ3) is 3.63. The van der Waals surface area contributed by atoms with E-state index in [2.05, 4.69) is 19.9 Å². The molecule has 0 unspecified atom stereocenters. The summed E-state index contributed by atoms with van der Waals surface area (Å²) in [6, 6.07) is 0. The van der Waals surface area contributed by atoms with Crippen LogP contribution >= 0.6 is 46.2 Å². The van der Waals surface area contributed by atoms with Crippen LogP contribution in [0, 0.1) is 0 Å². The number of rotatable bonds is 4. The lowest BCUT2D eigenvalue weighted by atomic mass is 10.6. The van der Waals surface area contributed by atoms with Crippen molar-refractivity contribution in [3.63, 3.8) is 0 Å². The summed E-state index contributed by atoms with van der Waals surface area (Å²) < 4.78 is 5.37. The monoisotopic (exact) mass is 306 g/mol. The molecule has 0 saturated carbocycles. The Morgan fingerprint density at radius 1 is 1.65 bits per heavy atom. The minimum absolute atomic E-state index is 0.123. The van der Waals surface area contributed by atoms with Crippen LogP contribution in [0.15, 0.2) is 10.4 Å². The van der Waals surface area contributed by atoms with Gasteiger partial charge in [0.15, 0.2) is 5.13 Å². The summed E-state index contributed by atoms with van der Waals surface area (Å²) in [6.07, 6.45) is 1.72. The van der Waals surface area contributed by atoms with Gasteiger partial charge in [0.05, 0.1) is 10.4 Å². The van der Waals surface area contributed by atoms with Gasteiger partial charge in [0.1, 0.15) is 10.0 Å². The number of halogens is 1. The van der Waals surface area contributed by atoms with E-state index in [9.17, 15) is 4.79 Å². The zero-order valence-electron chi connectivity index (χ0n) is 8.64. The molecular weight excluding hydrogens is 300 g/mol. The van der Waals surface area contributed by atoms with Crippen molar-refractivity contribution in [2.75, 3.05) is 5.32 Å². The van der Waals surface area contributed by atoms with E-state index in [-0.39, 0.29) is 5.91 Å². The molecule has 0 bridgehead atoms. The van der Waals surface area contributed by atoms with Crippen molar-refractivity contribution in [3.05, 3.63) is 16.2 Å². The Morgan fingerprint density at radius 2 is 2.47 bits per heavy atom. The highest BCUT2D eigenvalue weighted by atomic mass is 35.5. The molecule has 0 aliphatic heterocycles. The molecular formula is C8H7ClN4OS3. The van der Waals surface area contributed by atoms with Crippen molar-refractivity contribution in [1.82, 2.24) is 14.6 Å². The lowest BCUT2D eigenvalue weighted by molar-refractivity contribution is -0.114. The fourth-order valence-corrected chi connectivity index (χ4v) is 3.61. The molecule has 17 heavy (non-hydrogen) atoms. The Morgan fingerprint density at radius 3 is 3.12 bits per heavy atom. The number of thiazole rings is 1. The van der Waals surface area contributed by atoms with Gasteiger partial charge in [-0.25, -0.2) is 4.98 Å². The van der Waals surface area contributed by atoms with Crippen LogP contribution in [-0.2, 0) is 10.5 Å². The predicted molar refractivity (Wildman–Crippen MR) is 70.9 cm³/mol. The van der Waals surface area contributed by atoms with Crippen molar-refractivity contribution in [2.45, 2.75) is 16.9 Å². The number of hydrogen-bond donors (Lipinski definition) is 1. The summed E-state index contributed by atoms with van der Waals surface area (Å²) in [5, 5.41) is 7.15. The SMILES string of the molecule is CC(=O)Nc1ncc(SCc2nnsc2Cl)s1. The Kier molecular flexibility index (Phi) is 4.32. The van der Waals surface area contributed by atoms with Gasteiger partial charge in [-0.3, -0.25) is 4.79 Å². The average molecular weight is 307 g/mol. The minimum atomic E-state index is -0.123. The highest BCUT2D eigenvalue weighted by molar-refractivity contribution is 8.00. The van der Waals surface area contributed by atoms with Crippen molar-refractivity contribution in [2.24, 2.45) is 0 Å². The van der Waals surface area contributed by atoms with E-state index in [4.69, 9.17) is 11.6 Å². The highest BCUT2D eigenvalue weighted by Gasteiger charge is 2.08. The van der Waals surface area contributed by atoms with Crippen LogP contribution in [-0.4, -0.2) is 20.5 Å². The van der Waals surface area contributed by atoms with Gasteiger partial charge in [0, 0.05) is 24.2 Å². The third-order valence-corrected chi connectivity index (χ3v) is 4.73. The van der Waals surface area contributed by atoms with Gasteiger partial charge in [-0.05, 0) is 0 Å². The third-order valence-electron chi connectivity index (χ3n) is 1.63. The first-order valence-electron chi connectivity index (χ1n) is 4.48. The molecule has 1 N–H and O–H groups in total. The number of aromatic nitrogens is 3. The standard InChI is InChI=1S/C8H7ClN4OS3/c1-4(14)11-8-10-2-6(16-8)15-3-5-7(9)17-13-12-5/h2H,3H2,1H3,(H,10,11,14). The zero-order chi connectivity index (χ0) is 12.3. The van der Waals surface area contributed by atoms with Gasteiger partial charge in [-0.1, -0.05) is 27.4 Å². The first-order chi connectivity index (χ1) is 8.15. The number of thioether (sulfide) groups is 1. The maximum Gasteiger partial charge on any atom is 0.223 e. The van der Waals surface area contributed by atoms with Crippen molar-refractivity contribution >= 4 is 57.3 Å². The molecule has 0 aliphatic rings. The van der Waals surface area contributed by atoms with Gasteiger partial charge in [-0.2, -0.15) is 0 Å². The van der Waals surface area contributed by atoms with Crippen LogP contribution in [0.3, 0.4) is 0 Å². The van der Waals surface area contributed by atoms with Crippen LogP contribution in [0.4, 0.5) is 5.13 Å². The van der Waals surface area contributed by atoms with Crippen LogP contribution in [0.5, 0.6) is 0 Å². The molecule has 0 aliphatic carbocycles. The van der Waals surface area contributed by atoms with E-state index in [1.807, 2.05) is 0 Å². The van der Waals surface area contributed by atoms with Crippen molar-refractivity contribution in [3.8, 4) is 0 Å². The van der Waals surface area contributed by atoms with Crippen LogP contribution in [0.25, 0.3) is 0 Å². The Balaban J connectivity index is 1.93. The summed E-state index contributed by atoms with van der Waals surface area (Å²) in [5.74, 6) is 0.527. The summed E-state index contributed by atoms with van der Waals surface area (Å²) in [7, 11) is 0. The number of carbonyl (C=O) groups is 1. The van der Waals surface area contributed by atoms with Gasteiger partial charge in [-0.15, -0.1) is 16.9 Å². The number of carbonyl (C=O) groups excluding carboxylic acids is 1. The summed E-state index contributed by atoms with van der Waals surface area (Å²) in [5.41, 5.74) is 0.774. The molecule has 0 saturated heterocycles. The van der Waals surface area contributed by atoms with Crippen LogP contribution in [0.2, 0.25) is 4.34 Å². The predicted octanol–water partition coefficient (Wildman–Crippen LogP) is 2.90. The summed E-state index contributed by atoms with van der Waals surface area (Å²) in [4.78, 5) is 14.9. The molecule has 0 spiro atoms. The molecule has 0 radical (unpaired) electrons. The number of amides is 1. The highest BCUT2D eigenvalue weighted by Crippen LogP contribution is 2.32. The van der Waals surface area contributed by atoms with Crippen LogP contribution in [0.1, 0.15) is 12.6 Å². The topological polar surface area (TPSA) is 67.8 Å². The second kappa shape index (κ2) is 5.76. The van der Waals surface area contributed by atoms with Crippen molar-refractivity contribution in [1.29, 1.82) is 0 Å². The van der Waals surface area contributed by atoms with E-state index < -0.39 is 0 Å². The van der Waals surface area contributed by atoms with E-state index in [0.29, 0.717) is 15.2 Å². The largest absolute Gasteiger partial charge is 0.302 e. The molecule has 1 amide bonds. The quantitative estimate of drug-likeness (QED) is 0.880. The molecule has 2 rings (SSSR count). The fraction of sp³-hybridized carbons (Fsp3) is 0.250. The normalized spacial score (nSPS) is 10.5. The lowest BCUT2D eigenvalue weighted by Gasteiger charge is -1.94. The molecule has 2 heterocycles. The molecule has 2 aromatic rings. The number of nitrogens with one attached hydrogen (secondary N) is 1. The summed E-state index contributed by atoms with van der Waals surface area (Å²) in [6.45, 7) is 1.45.